The van der Waals surface area contributed by atoms with E-state index in [0.717, 1.165) is 16.9 Å². The molecule has 1 aromatic carbocycles. The number of rotatable bonds is 8. The Kier molecular flexibility index (Phi) is 6.49. The highest BCUT2D eigenvalue weighted by atomic mass is 16.2. The predicted molar refractivity (Wildman–Crippen MR) is 95.9 cm³/mol. The number of imide groups is 2. The van der Waals surface area contributed by atoms with Crippen LogP contribution in [0.25, 0.3) is 0 Å². The van der Waals surface area contributed by atoms with Gasteiger partial charge in [-0.25, -0.2) is 9.69 Å². The molecule has 140 valence electrons. The molecule has 5 amide bonds. The van der Waals surface area contributed by atoms with E-state index in [0.29, 0.717) is 17.2 Å². The van der Waals surface area contributed by atoms with Crippen molar-refractivity contribution in [2.75, 3.05) is 13.1 Å². The van der Waals surface area contributed by atoms with E-state index in [4.69, 9.17) is 0 Å². The molecule has 7 heteroatoms. The lowest BCUT2D eigenvalue weighted by Crippen LogP contribution is -2.42. The zero-order chi connectivity index (χ0) is 19.3. The Morgan fingerprint density at radius 1 is 1.04 bits per heavy atom. The molecule has 7 nitrogen and oxygen atoms in total. The molecule has 1 heterocycles. The fraction of sp³-hybridized carbons (Fsp3) is 0.474. The Morgan fingerprint density at radius 3 is 2.23 bits per heavy atom. The molecule has 26 heavy (non-hydrogen) atoms. The molecule has 0 aliphatic carbocycles. The topological polar surface area (TPSA) is 86.8 Å². The highest BCUT2D eigenvalue weighted by Crippen LogP contribution is 2.21. The molecule has 1 saturated heterocycles. The van der Waals surface area contributed by atoms with E-state index in [1.54, 1.807) is 6.92 Å². The first-order valence-electron chi connectivity index (χ1n) is 8.86. The van der Waals surface area contributed by atoms with Crippen LogP contribution in [0.5, 0.6) is 0 Å². The number of hydrogen-bond donors (Lipinski definition) is 1. The van der Waals surface area contributed by atoms with Crippen molar-refractivity contribution < 1.29 is 19.2 Å². The van der Waals surface area contributed by atoms with Crippen molar-refractivity contribution in [1.82, 2.24) is 15.1 Å². The summed E-state index contributed by atoms with van der Waals surface area (Å²) in [5.41, 5.74) is 0.956. The molecule has 1 fully saturated rings. The summed E-state index contributed by atoms with van der Waals surface area (Å²) in [7, 11) is 0. The molecule has 1 N–H and O–H groups in total. The van der Waals surface area contributed by atoms with E-state index in [9.17, 15) is 19.2 Å². The van der Waals surface area contributed by atoms with E-state index < -0.39 is 30.3 Å². The lowest BCUT2D eigenvalue weighted by molar-refractivity contribution is -0.144. The summed E-state index contributed by atoms with van der Waals surface area (Å²) in [6.07, 6.45) is 1.27. The van der Waals surface area contributed by atoms with E-state index >= 15 is 0 Å². The van der Waals surface area contributed by atoms with Gasteiger partial charge in [-0.05, 0) is 24.3 Å². The van der Waals surface area contributed by atoms with Crippen LogP contribution in [0.1, 0.15) is 45.2 Å². The van der Waals surface area contributed by atoms with Gasteiger partial charge in [0, 0.05) is 6.54 Å². The van der Waals surface area contributed by atoms with Crippen LogP contribution in [0.2, 0.25) is 0 Å². The summed E-state index contributed by atoms with van der Waals surface area (Å²) in [4.78, 5) is 50.1. The molecule has 1 aliphatic rings. The van der Waals surface area contributed by atoms with Crippen LogP contribution in [0.15, 0.2) is 30.3 Å². The molecule has 1 aromatic rings. The van der Waals surface area contributed by atoms with Crippen LogP contribution < -0.4 is 5.32 Å². The Labute approximate surface area is 153 Å². The molecular formula is C19H25N3O4. The fourth-order valence-corrected chi connectivity index (χ4v) is 2.93. The first kappa shape index (κ1) is 19.6. The molecule has 1 atom stereocenters. The van der Waals surface area contributed by atoms with E-state index in [1.165, 1.54) is 0 Å². The van der Waals surface area contributed by atoms with Gasteiger partial charge >= 0.3 is 17.8 Å². The molecule has 0 unspecified atom stereocenters. The molecule has 0 bridgehead atoms. The third-order valence-electron chi connectivity index (χ3n) is 4.13. The molecule has 1 aliphatic heterocycles. The summed E-state index contributed by atoms with van der Waals surface area (Å²) in [6.45, 7) is 5.62. The Balaban J connectivity index is 2.07. The minimum absolute atomic E-state index is 0.168. The van der Waals surface area contributed by atoms with Gasteiger partial charge in [0.1, 0.15) is 6.54 Å². The number of carbonyl (C=O) groups is 4. The number of nitrogens with one attached hydrogen (secondary N) is 1. The number of amides is 5. The van der Waals surface area contributed by atoms with Crippen molar-refractivity contribution in [3.63, 3.8) is 0 Å². The average Bonchev–Trinajstić information content (AvgIpc) is 2.80. The van der Waals surface area contributed by atoms with Crippen molar-refractivity contribution in [2.24, 2.45) is 5.92 Å². The zero-order valence-electron chi connectivity index (χ0n) is 15.4. The van der Waals surface area contributed by atoms with E-state index in [2.05, 4.69) is 19.2 Å². The second-order valence-electron chi connectivity index (χ2n) is 6.79. The Hall–Kier alpha value is -2.70. The number of hydrogen-bond acceptors (Lipinski definition) is 4. The summed E-state index contributed by atoms with van der Waals surface area (Å²) in [5, 5.41) is 2.88. The van der Waals surface area contributed by atoms with Crippen LogP contribution in [0.4, 0.5) is 4.79 Å². The van der Waals surface area contributed by atoms with Crippen molar-refractivity contribution in [3.8, 4) is 0 Å². The quantitative estimate of drug-likeness (QED) is 0.569. The van der Waals surface area contributed by atoms with Gasteiger partial charge in [0.2, 0.25) is 5.91 Å². The Morgan fingerprint density at radius 2 is 1.65 bits per heavy atom. The van der Waals surface area contributed by atoms with Gasteiger partial charge in [-0.3, -0.25) is 19.3 Å². The average molecular weight is 359 g/mol. The Bertz CT molecular complexity index is 687. The zero-order valence-corrected chi connectivity index (χ0v) is 15.4. The summed E-state index contributed by atoms with van der Waals surface area (Å²) in [6, 6.07) is 8.58. The second-order valence-corrected chi connectivity index (χ2v) is 6.79. The van der Waals surface area contributed by atoms with Crippen LogP contribution in [-0.4, -0.2) is 46.6 Å². The normalized spacial score (nSPS) is 15.8. The first-order chi connectivity index (χ1) is 12.3. The third-order valence-corrected chi connectivity index (χ3v) is 4.13. The minimum Gasteiger partial charge on any atom is -0.348 e. The standard InChI is InChI=1S/C19H25N3O4/c1-4-10-21-17(24)18(25)22(19(21)26)12-16(23)20-15(11-13(2)3)14-8-6-5-7-9-14/h5-9,13,15H,4,10-12H2,1-3H3,(H,20,23)/t15-/m0/s1. The van der Waals surface area contributed by atoms with Gasteiger partial charge in [-0.15, -0.1) is 0 Å². The number of urea groups is 1. The SMILES string of the molecule is CCCN1C(=O)C(=O)N(CC(=O)N[C@@H](CC(C)C)c2ccccc2)C1=O. The van der Waals surface area contributed by atoms with Gasteiger partial charge in [-0.1, -0.05) is 51.1 Å². The molecule has 0 saturated carbocycles. The van der Waals surface area contributed by atoms with Gasteiger partial charge in [-0.2, -0.15) is 0 Å². The van der Waals surface area contributed by atoms with Crippen LogP contribution in [-0.2, 0) is 14.4 Å². The van der Waals surface area contributed by atoms with Gasteiger partial charge < -0.3 is 5.32 Å². The smallest absolute Gasteiger partial charge is 0.334 e. The number of carbonyl (C=O) groups excluding carboxylic acids is 4. The van der Waals surface area contributed by atoms with Gasteiger partial charge in [0.15, 0.2) is 0 Å². The van der Waals surface area contributed by atoms with Crippen molar-refractivity contribution in [3.05, 3.63) is 35.9 Å². The maximum Gasteiger partial charge on any atom is 0.334 e. The number of benzene rings is 1. The largest absolute Gasteiger partial charge is 0.348 e. The maximum absolute atomic E-state index is 12.4. The van der Waals surface area contributed by atoms with E-state index in [-0.39, 0.29) is 12.6 Å². The summed E-state index contributed by atoms with van der Waals surface area (Å²) in [5.74, 6) is -1.94. The third kappa shape index (κ3) is 4.47. The molecule has 0 radical (unpaired) electrons. The van der Waals surface area contributed by atoms with Crippen LogP contribution >= 0.6 is 0 Å². The molecule has 0 aromatic heterocycles. The number of nitrogens with zero attached hydrogens (tertiary/aromatic N) is 2. The monoisotopic (exact) mass is 359 g/mol. The first-order valence-corrected chi connectivity index (χ1v) is 8.86. The van der Waals surface area contributed by atoms with Crippen LogP contribution in [0.3, 0.4) is 0 Å². The second kappa shape index (κ2) is 8.60. The summed E-state index contributed by atoms with van der Waals surface area (Å²) >= 11 is 0. The van der Waals surface area contributed by atoms with Gasteiger partial charge in [0.05, 0.1) is 6.04 Å². The summed E-state index contributed by atoms with van der Waals surface area (Å²) < 4.78 is 0. The molecule has 0 spiro atoms. The van der Waals surface area contributed by atoms with Crippen molar-refractivity contribution in [1.29, 1.82) is 0 Å². The lowest BCUT2D eigenvalue weighted by Gasteiger charge is -2.22. The highest BCUT2D eigenvalue weighted by molar-refractivity contribution is 6.45. The maximum atomic E-state index is 12.4. The minimum atomic E-state index is -0.946. The fourth-order valence-electron chi connectivity index (χ4n) is 2.93. The van der Waals surface area contributed by atoms with E-state index in [1.807, 2.05) is 30.3 Å². The lowest BCUT2D eigenvalue weighted by atomic mass is 9.97. The predicted octanol–water partition coefficient (Wildman–Crippen LogP) is 2.09. The van der Waals surface area contributed by atoms with Gasteiger partial charge in [0.25, 0.3) is 0 Å². The van der Waals surface area contributed by atoms with Crippen molar-refractivity contribution >= 4 is 23.8 Å². The molecular weight excluding hydrogens is 334 g/mol. The highest BCUT2D eigenvalue weighted by Gasteiger charge is 2.44. The molecule has 2 rings (SSSR count). The van der Waals surface area contributed by atoms with Crippen molar-refractivity contribution in [2.45, 2.75) is 39.7 Å². The van der Waals surface area contributed by atoms with Crippen LogP contribution in [0, 0.1) is 5.92 Å².